The predicted molar refractivity (Wildman–Crippen MR) is 117 cm³/mol. The summed E-state index contributed by atoms with van der Waals surface area (Å²) in [5, 5.41) is 11.6. The highest BCUT2D eigenvalue weighted by Gasteiger charge is 2.20. The minimum absolute atomic E-state index is 0.309. The molecule has 0 radical (unpaired) electrons. The molecular weight excluding hydrogens is 392 g/mol. The summed E-state index contributed by atoms with van der Waals surface area (Å²) in [6.07, 6.45) is 5.05. The Kier molecular flexibility index (Phi) is 4.64. The molecule has 0 bridgehead atoms. The van der Waals surface area contributed by atoms with Crippen LogP contribution in [0.15, 0.2) is 82.0 Å². The largest absolute Gasteiger partial charge is 0.423 e. The molecule has 3 heterocycles. The normalized spacial score (nSPS) is 10.9. The van der Waals surface area contributed by atoms with Gasteiger partial charge in [0.1, 0.15) is 0 Å². The number of anilines is 3. The molecule has 31 heavy (non-hydrogen) atoms. The molecule has 5 rings (SSSR count). The van der Waals surface area contributed by atoms with Crippen LogP contribution in [0.2, 0.25) is 0 Å². The molecular formula is C23H18N6O2. The molecule has 152 valence electrons. The van der Waals surface area contributed by atoms with Gasteiger partial charge in [-0.05, 0) is 42.8 Å². The molecule has 0 aliphatic carbocycles. The van der Waals surface area contributed by atoms with Gasteiger partial charge in [-0.3, -0.25) is 4.98 Å². The Balaban J connectivity index is 1.52. The van der Waals surface area contributed by atoms with Gasteiger partial charge < -0.3 is 19.9 Å². The third-order valence-electron chi connectivity index (χ3n) is 4.81. The van der Waals surface area contributed by atoms with Crippen molar-refractivity contribution in [3.05, 3.63) is 78.8 Å². The first-order valence-corrected chi connectivity index (χ1v) is 9.60. The molecule has 0 unspecified atom stereocenters. The number of hydrogen-bond acceptors (Lipinski definition) is 8. The summed E-state index contributed by atoms with van der Waals surface area (Å²) >= 11 is 0. The Hall–Kier alpha value is -4.46. The zero-order valence-corrected chi connectivity index (χ0v) is 16.6. The van der Waals surface area contributed by atoms with Crippen molar-refractivity contribution in [2.24, 2.45) is 0 Å². The van der Waals surface area contributed by atoms with Gasteiger partial charge in [0.15, 0.2) is 5.76 Å². The maximum atomic E-state index is 6.29. The summed E-state index contributed by atoms with van der Waals surface area (Å²) in [4.78, 5) is 8.36. The van der Waals surface area contributed by atoms with E-state index in [9.17, 15) is 0 Å². The van der Waals surface area contributed by atoms with Crippen molar-refractivity contribution in [1.29, 1.82) is 0 Å². The van der Waals surface area contributed by atoms with Gasteiger partial charge in [0.25, 0.3) is 11.9 Å². The van der Waals surface area contributed by atoms with E-state index < -0.39 is 0 Å². The van der Waals surface area contributed by atoms with E-state index in [1.165, 1.54) is 0 Å². The Bertz CT molecular complexity index is 1330. The molecule has 2 aromatic carbocycles. The number of benzene rings is 2. The van der Waals surface area contributed by atoms with Crippen molar-refractivity contribution in [1.82, 2.24) is 20.2 Å². The van der Waals surface area contributed by atoms with Gasteiger partial charge in [-0.15, -0.1) is 10.2 Å². The van der Waals surface area contributed by atoms with Gasteiger partial charge in [-0.1, -0.05) is 24.3 Å². The zero-order chi connectivity index (χ0) is 21.2. The molecule has 0 aliphatic heterocycles. The molecule has 5 aromatic rings. The summed E-state index contributed by atoms with van der Waals surface area (Å²) in [6.45, 7) is 1.95. The molecule has 8 heteroatoms. The first-order chi connectivity index (χ1) is 15.2. The van der Waals surface area contributed by atoms with Gasteiger partial charge in [-0.25, -0.2) is 4.98 Å². The van der Waals surface area contributed by atoms with E-state index in [1.807, 2.05) is 55.5 Å². The number of rotatable bonds is 5. The second-order valence-electron chi connectivity index (χ2n) is 6.89. The van der Waals surface area contributed by atoms with Gasteiger partial charge in [0, 0.05) is 29.2 Å². The van der Waals surface area contributed by atoms with E-state index in [0.717, 1.165) is 16.7 Å². The standard InChI is InChI=1S/C23H18N6O2/c1-14-7-8-17(24)19(22-29-28-21(31-22)16-5-3-2-4-6-16)20(14)27-23-26-13-18(30-23)15-9-11-25-12-10-15/h2-13H,24H2,1H3,(H,26,27). The van der Waals surface area contributed by atoms with Crippen LogP contribution in [-0.2, 0) is 0 Å². The summed E-state index contributed by atoms with van der Waals surface area (Å²) in [5.41, 5.74) is 10.7. The summed E-state index contributed by atoms with van der Waals surface area (Å²) in [6, 6.07) is 17.3. The van der Waals surface area contributed by atoms with E-state index in [-0.39, 0.29) is 0 Å². The smallest absolute Gasteiger partial charge is 0.299 e. The summed E-state index contributed by atoms with van der Waals surface area (Å²) in [7, 11) is 0. The van der Waals surface area contributed by atoms with E-state index >= 15 is 0 Å². The third-order valence-corrected chi connectivity index (χ3v) is 4.81. The number of oxazole rings is 1. The fourth-order valence-corrected chi connectivity index (χ4v) is 3.22. The van der Waals surface area contributed by atoms with Crippen LogP contribution in [0.4, 0.5) is 17.4 Å². The van der Waals surface area contributed by atoms with Crippen molar-refractivity contribution in [3.8, 4) is 34.2 Å². The molecule has 0 spiro atoms. The number of pyridine rings is 1. The zero-order valence-electron chi connectivity index (χ0n) is 16.6. The first kappa shape index (κ1) is 18.6. The molecule has 0 saturated heterocycles. The van der Waals surface area contributed by atoms with Crippen LogP contribution < -0.4 is 11.1 Å². The van der Waals surface area contributed by atoms with Crippen molar-refractivity contribution in [3.63, 3.8) is 0 Å². The van der Waals surface area contributed by atoms with Crippen LogP contribution >= 0.6 is 0 Å². The molecule has 3 N–H and O–H groups in total. The molecule has 0 aliphatic rings. The average Bonchev–Trinajstić information content (AvgIpc) is 3.48. The lowest BCUT2D eigenvalue weighted by Crippen LogP contribution is -2.00. The average molecular weight is 410 g/mol. The highest BCUT2D eigenvalue weighted by atomic mass is 16.4. The van der Waals surface area contributed by atoms with Crippen LogP contribution in [0.25, 0.3) is 34.2 Å². The van der Waals surface area contributed by atoms with Gasteiger partial charge in [0.2, 0.25) is 5.89 Å². The molecule has 0 atom stereocenters. The van der Waals surface area contributed by atoms with Crippen LogP contribution in [0.5, 0.6) is 0 Å². The van der Waals surface area contributed by atoms with Crippen molar-refractivity contribution in [2.75, 3.05) is 11.1 Å². The maximum absolute atomic E-state index is 6.29. The first-order valence-electron chi connectivity index (χ1n) is 9.60. The Labute approximate surface area is 177 Å². The highest BCUT2D eigenvalue weighted by Crippen LogP contribution is 2.38. The maximum Gasteiger partial charge on any atom is 0.299 e. The second kappa shape index (κ2) is 7.75. The van der Waals surface area contributed by atoms with Crippen molar-refractivity contribution < 1.29 is 8.83 Å². The topological polar surface area (TPSA) is 116 Å². The number of nitrogens with one attached hydrogen (secondary N) is 1. The minimum atomic E-state index is 0.309. The fraction of sp³-hybridized carbons (Fsp3) is 0.0435. The molecule has 8 nitrogen and oxygen atoms in total. The van der Waals surface area contributed by atoms with Gasteiger partial charge in [-0.2, -0.15) is 0 Å². The summed E-state index contributed by atoms with van der Waals surface area (Å²) in [5.74, 6) is 1.35. The SMILES string of the molecule is Cc1ccc(N)c(-c2nnc(-c3ccccc3)o2)c1Nc1ncc(-c2ccncc2)o1. The van der Waals surface area contributed by atoms with Crippen LogP contribution in [0.3, 0.4) is 0 Å². The number of aryl methyl sites for hydroxylation is 1. The van der Waals surface area contributed by atoms with Gasteiger partial charge >= 0.3 is 0 Å². The van der Waals surface area contributed by atoms with Crippen LogP contribution in [0.1, 0.15) is 5.56 Å². The minimum Gasteiger partial charge on any atom is -0.423 e. The lowest BCUT2D eigenvalue weighted by atomic mass is 10.1. The van der Waals surface area contributed by atoms with E-state index in [4.69, 9.17) is 14.6 Å². The lowest BCUT2D eigenvalue weighted by Gasteiger charge is -2.12. The van der Waals surface area contributed by atoms with Crippen LogP contribution in [-0.4, -0.2) is 20.2 Å². The number of nitrogen functional groups attached to an aromatic ring is 1. The third kappa shape index (κ3) is 3.62. The lowest BCUT2D eigenvalue weighted by molar-refractivity contribution is 0.584. The molecule has 0 saturated carbocycles. The second-order valence-corrected chi connectivity index (χ2v) is 6.89. The monoisotopic (exact) mass is 410 g/mol. The molecule has 3 aromatic heterocycles. The number of nitrogens with zero attached hydrogens (tertiary/aromatic N) is 4. The highest BCUT2D eigenvalue weighted by molar-refractivity contribution is 5.87. The van der Waals surface area contributed by atoms with E-state index in [0.29, 0.717) is 40.5 Å². The quantitative estimate of drug-likeness (QED) is 0.385. The van der Waals surface area contributed by atoms with E-state index in [1.54, 1.807) is 24.7 Å². The molecule has 0 fully saturated rings. The Morgan fingerprint density at radius 2 is 1.61 bits per heavy atom. The molecule has 0 amide bonds. The number of aromatic nitrogens is 4. The summed E-state index contributed by atoms with van der Waals surface area (Å²) < 4.78 is 11.8. The fourth-order valence-electron chi connectivity index (χ4n) is 3.22. The van der Waals surface area contributed by atoms with Gasteiger partial charge in [0.05, 0.1) is 17.4 Å². The van der Waals surface area contributed by atoms with E-state index in [2.05, 4.69) is 25.5 Å². The Morgan fingerprint density at radius 3 is 2.42 bits per heavy atom. The van der Waals surface area contributed by atoms with Crippen molar-refractivity contribution >= 4 is 17.4 Å². The number of hydrogen-bond donors (Lipinski definition) is 2. The van der Waals surface area contributed by atoms with Crippen LogP contribution in [0, 0.1) is 6.92 Å². The predicted octanol–water partition coefficient (Wildman–Crippen LogP) is 5.09. The van der Waals surface area contributed by atoms with Crippen molar-refractivity contribution in [2.45, 2.75) is 6.92 Å². The Morgan fingerprint density at radius 1 is 0.839 bits per heavy atom. The number of nitrogens with two attached hydrogens (primary N) is 1.